The molecule has 0 saturated heterocycles. The van der Waals surface area contributed by atoms with Crippen molar-refractivity contribution in [2.75, 3.05) is 18.5 Å². The van der Waals surface area contributed by atoms with E-state index in [9.17, 15) is 23.3 Å². The summed E-state index contributed by atoms with van der Waals surface area (Å²) in [6, 6.07) is 7.61. The van der Waals surface area contributed by atoms with Crippen LogP contribution in [0.4, 0.5) is 11.4 Å². The number of carbonyl (C=O) groups excluding carboxylic acids is 1. The third kappa shape index (κ3) is 3.63. The summed E-state index contributed by atoms with van der Waals surface area (Å²) in [5.74, 6) is -0.653. The van der Waals surface area contributed by atoms with Crippen LogP contribution >= 0.6 is 11.6 Å². The van der Waals surface area contributed by atoms with Gasteiger partial charge in [-0.2, -0.15) is 0 Å². The highest BCUT2D eigenvalue weighted by molar-refractivity contribution is 7.92. The number of methoxy groups -OCH3 is 1. The molecule has 0 fully saturated rings. The van der Waals surface area contributed by atoms with E-state index < -0.39 is 20.9 Å². The van der Waals surface area contributed by atoms with Crippen LogP contribution in [0.15, 0.2) is 41.3 Å². The van der Waals surface area contributed by atoms with Gasteiger partial charge in [-0.05, 0) is 30.7 Å². The maximum atomic E-state index is 13.0. The van der Waals surface area contributed by atoms with Gasteiger partial charge in [0.2, 0.25) is 0 Å². The van der Waals surface area contributed by atoms with Crippen LogP contribution in [-0.4, -0.2) is 33.5 Å². The number of ether oxygens (including phenoxy) is 1. The standard InChI is InChI=1S/C16H15ClN2O6S/c1-10-4-6-12(19(21)22)9-15(10)26(23,24)18(2)14-8-11(16(20)25-3)5-7-13(14)17/h4-9H,1-3H3. The van der Waals surface area contributed by atoms with E-state index in [4.69, 9.17) is 11.6 Å². The van der Waals surface area contributed by atoms with Crippen LogP contribution in [0.3, 0.4) is 0 Å². The van der Waals surface area contributed by atoms with Gasteiger partial charge in [-0.1, -0.05) is 17.7 Å². The zero-order valence-corrected chi connectivity index (χ0v) is 15.7. The van der Waals surface area contributed by atoms with Crippen LogP contribution in [-0.2, 0) is 14.8 Å². The summed E-state index contributed by atoms with van der Waals surface area (Å²) in [4.78, 5) is 21.7. The molecule has 0 N–H and O–H groups in total. The van der Waals surface area contributed by atoms with Crippen LogP contribution < -0.4 is 4.31 Å². The Morgan fingerprint density at radius 3 is 2.46 bits per heavy atom. The number of non-ortho nitro benzene ring substituents is 1. The van der Waals surface area contributed by atoms with Crippen molar-refractivity contribution in [2.45, 2.75) is 11.8 Å². The molecule has 0 aromatic heterocycles. The number of nitrogens with zero attached hydrogens (tertiary/aromatic N) is 2. The maximum Gasteiger partial charge on any atom is 0.337 e. The van der Waals surface area contributed by atoms with Gasteiger partial charge in [0, 0.05) is 19.2 Å². The Bertz CT molecular complexity index is 990. The van der Waals surface area contributed by atoms with Gasteiger partial charge in [0.25, 0.3) is 15.7 Å². The normalized spacial score (nSPS) is 11.1. The maximum absolute atomic E-state index is 13.0. The average Bonchev–Trinajstić information content (AvgIpc) is 2.60. The molecule has 0 amide bonds. The van der Waals surface area contributed by atoms with Gasteiger partial charge >= 0.3 is 5.97 Å². The van der Waals surface area contributed by atoms with Crippen LogP contribution in [0, 0.1) is 17.0 Å². The molecule has 0 aliphatic rings. The monoisotopic (exact) mass is 398 g/mol. The molecular formula is C16H15ClN2O6S. The van der Waals surface area contributed by atoms with Gasteiger partial charge < -0.3 is 4.74 Å². The van der Waals surface area contributed by atoms with Gasteiger partial charge in [-0.15, -0.1) is 0 Å². The molecule has 10 heteroatoms. The van der Waals surface area contributed by atoms with Crippen molar-refractivity contribution in [3.63, 3.8) is 0 Å². The van der Waals surface area contributed by atoms with E-state index in [1.165, 1.54) is 51.4 Å². The Balaban J connectivity index is 2.59. The predicted octanol–water partition coefficient (Wildman–Crippen LogP) is 3.17. The first-order chi connectivity index (χ1) is 12.1. The molecule has 8 nitrogen and oxygen atoms in total. The molecule has 0 aliphatic heterocycles. The molecule has 0 bridgehead atoms. The van der Waals surface area contributed by atoms with Gasteiger partial charge in [-0.3, -0.25) is 14.4 Å². The summed E-state index contributed by atoms with van der Waals surface area (Å²) in [5.41, 5.74) is 0.143. The Labute approximate surface area is 155 Å². The summed E-state index contributed by atoms with van der Waals surface area (Å²) in [7, 11) is -1.71. The zero-order valence-electron chi connectivity index (χ0n) is 14.1. The summed E-state index contributed by atoms with van der Waals surface area (Å²) in [6.45, 7) is 1.52. The van der Waals surface area contributed by atoms with Gasteiger partial charge in [0.1, 0.15) is 0 Å². The third-order valence-electron chi connectivity index (χ3n) is 3.73. The number of hydrogen-bond acceptors (Lipinski definition) is 6. The molecule has 0 unspecified atom stereocenters. The van der Waals surface area contributed by atoms with Crippen LogP contribution in [0.2, 0.25) is 5.02 Å². The van der Waals surface area contributed by atoms with Crippen molar-refractivity contribution in [3.05, 3.63) is 62.7 Å². The van der Waals surface area contributed by atoms with E-state index in [1.54, 1.807) is 0 Å². The van der Waals surface area contributed by atoms with Crippen LogP contribution in [0.5, 0.6) is 0 Å². The lowest BCUT2D eigenvalue weighted by Crippen LogP contribution is -2.27. The lowest BCUT2D eigenvalue weighted by Gasteiger charge is -2.22. The highest BCUT2D eigenvalue weighted by Gasteiger charge is 2.27. The zero-order chi connectivity index (χ0) is 19.6. The summed E-state index contributed by atoms with van der Waals surface area (Å²) in [6.07, 6.45) is 0. The molecule has 0 aliphatic carbocycles. The number of esters is 1. The number of aryl methyl sites for hydroxylation is 1. The molecule has 0 radical (unpaired) electrons. The van der Waals surface area contributed by atoms with E-state index in [0.717, 1.165) is 10.4 Å². The van der Waals surface area contributed by atoms with E-state index in [0.29, 0.717) is 5.56 Å². The molecule has 0 heterocycles. The van der Waals surface area contributed by atoms with Crippen molar-refractivity contribution in [1.82, 2.24) is 0 Å². The number of carbonyl (C=O) groups is 1. The quantitative estimate of drug-likeness (QED) is 0.435. The van der Waals surface area contributed by atoms with Crippen molar-refractivity contribution in [3.8, 4) is 0 Å². The largest absolute Gasteiger partial charge is 0.465 e. The summed E-state index contributed by atoms with van der Waals surface area (Å²) >= 11 is 6.09. The van der Waals surface area contributed by atoms with Crippen molar-refractivity contribution < 1.29 is 22.9 Å². The minimum Gasteiger partial charge on any atom is -0.465 e. The molecular weight excluding hydrogens is 384 g/mol. The second kappa shape index (κ2) is 7.30. The van der Waals surface area contributed by atoms with E-state index in [1.807, 2.05) is 0 Å². The molecule has 0 saturated carbocycles. The SMILES string of the molecule is COC(=O)c1ccc(Cl)c(N(C)S(=O)(=O)c2cc([N+](=O)[O-])ccc2C)c1. The number of nitro groups is 1. The number of nitro benzene ring substituents is 1. The number of anilines is 1. The first-order valence-corrected chi connectivity index (χ1v) is 9.03. The number of hydrogen-bond donors (Lipinski definition) is 0. The van der Waals surface area contributed by atoms with Crippen molar-refractivity contribution in [1.29, 1.82) is 0 Å². The van der Waals surface area contributed by atoms with Crippen LogP contribution in [0.25, 0.3) is 0 Å². The van der Waals surface area contributed by atoms with Crippen molar-refractivity contribution >= 4 is 39.0 Å². The van der Waals surface area contributed by atoms with E-state index in [-0.39, 0.29) is 26.9 Å². The molecule has 0 spiro atoms. The topological polar surface area (TPSA) is 107 Å². The molecule has 26 heavy (non-hydrogen) atoms. The average molecular weight is 399 g/mol. The fraction of sp³-hybridized carbons (Fsp3) is 0.188. The van der Waals surface area contributed by atoms with Gasteiger partial charge in [0.05, 0.1) is 33.2 Å². The predicted molar refractivity (Wildman–Crippen MR) is 96.2 cm³/mol. The lowest BCUT2D eigenvalue weighted by molar-refractivity contribution is -0.385. The minimum atomic E-state index is -4.16. The molecule has 2 rings (SSSR count). The highest BCUT2D eigenvalue weighted by atomic mass is 35.5. The smallest absolute Gasteiger partial charge is 0.337 e. The number of benzene rings is 2. The molecule has 138 valence electrons. The second-order valence-electron chi connectivity index (χ2n) is 5.34. The lowest BCUT2D eigenvalue weighted by atomic mass is 10.2. The Hall–Kier alpha value is -2.65. The molecule has 2 aromatic carbocycles. The van der Waals surface area contributed by atoms with Crippen LogP contribution in [0.1, 0.15) is 15.9 Å². The van der Waals surface area contributed by atoms with Crippen molar-refractivity contribution in [2.24, 2.45) is 0 Å². The number of rotatable bonds is 5. The third-order valence-corrected chi connectivity index (χ3v) is 5.96. The summed E-state index contributed by atoms with van der Waals surface area (Å²) in [5, 5.41) is 11.1. The Morgan fingerprint density at radius 1 is 1.23 bits per heavy atom. The number of sulfonamides is 1. The van der Waals surface area contributed by atoms with E-state index >= 15 is 0 Å². The molecule has 0 atom stereocenters. The number of halogens is 1. The van der Waals surface area contributed by atoms with Gasteiger partial charge in [0.15, 0.2) is 0 Å². The Morgan fingerprint density at radius 2 is 1.88 bits per heavy atom. The first kappa shape index (κ1) is 19.7. The highest BCUT2D eigenvalue weighted by Crippen LogP contribution is 2.32. The second-order valence-corrected chi connectivity index (χ2v) is 7.68. The fourth-order valence-corrected chi connectivity index (χ4v) is 4.00. The van der Waals surface area contributed by atoms with Gasteiger partial charge in [-0.25, -0.2) is 13.2 Å². The summed E-state index contributed by atoms with van der Waals surface area (Å²) < 4.78 is 31.4. The Kier molecular flexibility index (Phi) is 5.53. The van der Waals surface area contributed by atoms with E-state index in [2.05, 4.69) is 4.74 Å². The fourth-order valence-electron chi connectivity index (χ4n) is 2.26. The molecule has 2 aromatic rings. The minimum absolute atomic E-state index is 0.0421. The first-order valence-electron chi connectivity index (χ1n) is 7.21.